The highest BCUT2D eigenvalue weighted by Gasteiger charge is 2.36. The monoisotopic (exact) mass is 180 g/mol. The SMILES string of the molecule is C/C=C\C(=O)C1CC2CCC(C1)O2. The summed E-state index contributed by atoms with van der Waals surface area (Å²) in [6.45, 7) is 1.89. The van der Waals surface area contributed by atoms with Gasteiger partial charge in [0.2, 0.25) is 0 Å². The van der Waals surface area contributed by atoms with Gasteiger partial charge in [-0.2, -0.15) is 0 Å². The molecule has 2 atom stereocenters. The van der Waals surface area contributed by atoms with Crippen molar-refractivity contribution in [1.82, 2.24) is 0 Å². The van der Waals surface area contributed by atoms with E-state index in [0.29, 0.717) is 18.0 Å². The smallest absolute Gasteiger partial charge is 0.158 e. The number of carbonyl (C=O) groups excluding carboxylic acids is 1. The van der Waals surface area contributed by atoms with Gasteiger partial charge in [-0.3, -0.25) is 4.79 Å². The Balaban J connectivity index is 1.98. The van der Waals surface area contributed by atoms with E-state index in [4.69, 9.17) is 4.74 Å². The Labute approximate surface area is 79.0 Å². The van der Waals surface area contributed by atoms with Gasteiger partial charge in [0.1, 0.15) is 0 Å². The van der Waals surface area contributed by atoms with Crippen LogP contribution in [0.25, 0.3) is 0 Å². The van der Waals surface area contributed by atoms with Crippen molar-refractivity contribution in [2.75, 3.05) is 0 Å². The van der Waals surface area contributed by atoms with Gasteiger partial charge in [0.05, 0.1) is 12.2 Å². The number of ether oxygens (including phenoxy) is 1. The molecule has 0 spiro atoms. The number of rotatable bonds is 2. The molecule has 0 saturated carbocycles. The van der Waals surface area contributed by atoms with Crippen LogP contribution in [0, 0.1) is 5.92 Å². The van der Waals surface area contributed by atoms with Gasteiger partial charge in [-0.15, -0.1) is 0 Å². The van der Waals surface area contributed by atoms with Crippen LogP contribution in [0.4, 0.5) is 0 Å². The molecule has 0 aromatic heterocycles. The molecule has 2 nitrogen and oxygen atoms in total. The summed E-state index contributed by atoms with van der Waals surface area (Å²) in [5.74, 6) is 0.533. The molecule has 2 heteroatoms. The Morgan fingerprint density at radius 2 is 1.92 bits per heavy atom. The van der Waals surface area contributed by atoms with Crippen molar-refractivity contribution < 1.29 is 9.53 Å². The van der Waals surface area contributed by atoms with Crippen molar-refractivity contribution in [1.29, 1.82) is 0 Å². The molecule has 0 aromatic rings. The largest absolute Gasteiger partial charge is 0.375 e. The minimum absolute atomic E-state index is 0.238. The molecule has 0 radical (unpaired) electrons. The summed E-state index contributed by atoms with van der Waals surface area (Å²) in [6, 6.07) is 0. The molecule has 2 heterocycles. The molecule has 0 aliphatic carbocycles. The zero-order valence-electron chi connectivity index (χ0n) is 8.03. The summed E-state index contributed by atoms with van der Waals surface area (Å²) in [6.07, 6.45) is 8.49. The van der Waals surface area contributed by atoms with Crippen LogP contribution in [0.15, 0.2) is 12.2 Å². The van der Waals surface area contributed by atoms with Gasteiger partial charge >= 0.3 is 0 Å². The summed E-state index contributed by atoms with van der Waals surface area (Å²) in [5.41, 5.74) is 0. The molecule has 2 unspecified atom stereocenters. The number of allylic oxidation sites excluding steroid dienone is 2. The van der Waals surface area contributed by atoms with Crippen LogP contribution in [-0.2, 0) is 9.53 Å². The number of carbonyl (C=O) groups is 1. The fourth-order valence-corrected chi connectivity index (χ4v) is 2.39. The minimum Gasteiger partial charge on any atom is -0.375 e. The highest BCUT2D eigenvalue weighted by molar-refractivity contribution is 5.91. The van der Waals surface area contributed by atoms with Crippen molar-refractivity contribution in [3.05, 3.63) is 12.2 Å². The van der Waals surface area contributed by atoms with E-state index in [-0.39, 0.29) is 5.92 Å². The quantitative estimate of drug-likeness (QED) is 0.608. The second-order valence-electron chi connectivity index (χ2n) is 4.03. The molecule has 0 aromatic carbocycles. The van der Waals surface area contributed by atoms with Crippen LogP contribution in [0.1, 0.15) is 32.6 Å². The zero-order chi connectivity index (χ0) is 9.26. The van der Waals surface area contributed by atoms with Crippen molar-refractivity contribution in [3.63, 3.8) is 0 Å². The van der Waals surface area contributed by atoms with Crippen LogP contribution < -0.4 is 0 Å². The third-order valence-corrected chi connectivity index (χ3v) is 3.02. The second-order valence-corrected chi connectivity index (χ2v) is 4.03. The number of ketones is 1. The predicted molar refractivity (Wildman–Crippen MR) is 50.4 cm³/mol. The van der Waals surface area contributed by atoms with Crippen LogP contribution in [0.5, 0.6) is 0 Å². The van der Waals surface area contributed by atoms with E-state index >= 15 is 0 Å². The van der Waals surface area contributed by atoms with E-state index in [9.17, 15) is 4.79 Å². The van der Waals surface area contributed by atoms with Gasteiger partial charge in [0, 0.05) is 5.92 Å². The lowest BCUT2D eigenvalue weighted by atomic mass is 9.91. The Hall–Kier alpha value is -0.630. The first-order valence-electron chi connectivity index (χ1n) is 5.11. The first kappa shape index (κ1) is 8.95. The Morgan fingerprint density at radius 3 is 2.46 bits per heavy atom. The third kappa shape index (κ3) is 1.83. The molecule has 72 valence electrons. The van der Waals surface area contributed by atoms with Crippen molar-refractivity contribution in [2.45, 2.75) is 44.8 Å². The van der Waals surface area contributed by atoms with Crippen LogP contribution >= 0.6 is 0 Å². The summed E-state index contributed by atoms with van der Waals surface area (Å²) < 4.78 is 5.68. The lowest BCUT2D eigenvalue weighted by molar-refractivity contribution is -0.123. The highest BCUT2D eigenvalue weighted by atomic mass is 16.5. The normalized spacial score (nSPS) is 38.4. The third-order valence-electron chi connectivity index (χ3n) is 3.02. The van der Waals surface area contributed by atoms with E-state index in [1.165, 1.54) is 0 Å². The lowest BCUT2D eigenvalue weighted by Gasteiger charge is -2.26. The van der Waals surface area contributed by atoms with Gasteiger partial charge < -0.3 is 4.74 Å². The average Bonchev–Trinajstić information content (AvgIpc) is 2.46. The molecule has 2 rings (SSSR count). The van der Waals surface area contributed by atoms with Crippen LogP contribution in [-0.4, -0.2) is 18.0 Å². The fraction of sp³-hybridized carbons (Fsp3) is 0.727. The molecule has 2 saturated heterocycles. The van der Waals surface area contributed by atoms with Gasteiger partial charge in [0.15, 0.2) is 5.78 Å². The molecule has 0 amide bonds. The summed E-state index contributed by atoms with van der Waals surface area (Å²) in [4.78, 5) is 11.6. The zero-order valence-corrected chi connectivity index (χ0v) is 8.03. The second kappa shape index (κ2) is 3.62. The molecule has 0 N–H and O–H groups in total. The Bertz CT molecular complexity index is 220. The van der Waals surface area contributed by atoms with E-state index < -0.39 is 0 Å². The maximum atomic E-state index is 11.6. The maximum absolute atomic E-state index is 11.6. The summed E-state index contributed by atoms with van der Waals surface area (Å²) >= 11 is 0. The standard InChI is InChI=1S/C11H16O2/c1-2-3-11(12)8-6-9-4-5-10(7-8)13-9/h2-3,8-10H,4-7H2,1H3/b3-2-. The average molecular weight is 180 g/mol. The van der Waals surface area contributed by atoms with Crippen molar-refractivity contribution >= 4 is 5.78 Å². The van der Waals surface area contributed by atoms with Crippen LogP contribution in [0.2, 0.25) is 0 Å². The van der Waals surface area contributed by atoms with Gasteiger partial charge in [-0.1, -0.05) is 6.08 Å². The highest BCUT2D eigenvalue weighted by Crippen LogP contribution is 2.36. The van der Waals surface area contributed by atoms with E-state index in [1.807, 2.05) is 13.0 Å². The first-order chi connectivity index (χ1) is 6.29. The number of fused-ring (bicyclic) bond motifs is 2. The molecule has 2 bridgehead atoms. The minimum atomic E-state index is 0.238. The van der Waals surface area contributed by atoms with Crippen molar-refractivity contribution in [3.8, 4) is 0 Å². The van der Waals surface area contributed by atoms with Crippen molar-refractivity contribution in [2.24, 2.45) is 5.92 Å². The fourth-order valence-electron chi connectivity index (χ4n) is 2.39. The summed E-state index contributed by atoms with van der Waals surface area (Å²) in [5, 5.41) is 0. The lowest BCUT2D eigenvalue weighted by Crippen LogP contribution is -2.29. The van der Waals surface area contributed by atoms with Gasteiger partial charge in [-0.25, -0.2) is 0 Å². The first-order valence-corrected chi connectivity index (χ1v) is 5.11. The summed E-state index contributed by atoms with van der Waals surface area (Å²) in [7, 11) is 0. The number of hydrogen-bond donors (Lipinski definition) is 0. The molecular formula is C11H16O2. The van der Waals surface area contributed by atoms with Gasteiger partial charge in [0.25, 0.3) is 0 Å². The molecule has 2 fully saturated rings. The predicted octanol–water partition coefficient (Wildman–Crippen LogP) is 2.09. The Morgan fingerprint density at radius 1 is 1.31 bits per heavy atom. The van der Waals surface area contributed by atoms with E-state index in [2.05, 4.69) is 0 Å². The van der Waals surface area contributed by atoms with Gasteiger partial charge in [-0.05, 0) is 38.7 Å². The van der Waals surface area contributed by atoms with E-state index in [1.54, 1.807) is 6.08 Å². The Kier molecular flexibility index (Phi) is 2.49. The molecule has 2 aliphatic rings. The van der Waals surface area contributed by atoms with Crippen LogP contribution in [0.3, 0.4) is 0 Å². The maximum Gasteiger partial charge on any atom is 0.158 e. The number of hydrogen-bond acceptors (Lipinski definition) is 2. The molecule has 2 aliphatic heterocycles. The molecular weight excluding hydrogens is 164 g/mol. The topological polar surface area (TPSA) is 26.3 Å². The van der Waals surface area contributed by atoms with E-state index in [0.717, 1.165) is 25.7 Å². The molecule has 13 heavy (non-hydrogen) atoms.